The minimum absolute atomic E-state index is 0.289. The molecule has 29 heavy (non-hydrogen) atoms. The van der Waals surface area contributed by atoms with Gasteiger partial charge in [0.15, 0.2) is 0 Å². The number of fused-ring (bicyclic) bond motifs is 2. The summed E-state index contributed by atoms with van der Waals surface area (Å²) in [5, 5.41) is 2.18. The van der Waals surface area contributed by atoms with E-state index in [0.29, 0.717) is 6.04 Å². The van der Waals surface area contributed by atoms with Crippen LogP contribution < -0.4 is 0 Å². The van der Waals surface area contributed by atoms with E-state index in [0.717, 1.165) is 49.3 Å². The van der Waals surface area contributed by atoms with Gasteiger partial charge in [-0.05, 0) is 55.0 Å². The van der Waals surface area contributed by atoms with Crippen LogP contribution in [-0.4, -0.2) is 47.8 Å². The summed E-state index contributed by atoms with van der Waals surface area (Å²) in [5.41, 5.74) is 3.18. The molecule has 3 aromatic rings. The molecule has 1 aliphatic heterocycles. The minimum Gasteiger partial charge on any atom is -0.327 e. The van der Waals surface area contributed by atoms with Gasteiger partial charge in [0, 0.05) is 38.1 Å². The molecule has 0 aliphatic carbocycles. The summed E-state index contributed by atoms with van der Waals surface area (Å²) in [6.45, 7) is 7.07. The summed E-state index contributed by atoms with van der Waals surface area (Å²) >= 11 is 1.85. The van der Waals surface area contributed by atoms with Gasteiger partial charge < -0.3 is 4.57 Å². The van der Waals surface area contributed by atoms with Crippen LogP contribution in [0.15, 0.2) is 34.5 Å². The first-order chi connectivity index (χ1) is 13.8. The average Bonchev–Trinajstić information content (AvgIpc) is 3.29. The van der Waals surface area contributed by atoms with Crippen molar-refractivity contribution in [3.05, 3.63) is 45.9 Å². The largest absolute Gasteiger partial charge is 0.327 e. The van der Waals surface area contributed by atoms with Gasteiger partial charge in [-0.15, -0.1) is 11.3 Å². The lowest BCUT2D eigenvalue weighted by Crippen LogP contribution is -2.33. The molecule has 0 radical (unpaired) electrons. The fourth-order valence-electron chi connectivity index (χ4n) is 4.08. The Labute approximate surface area is 176 Å². The van der Waals surface area contributed by atoms with Gasteiger partial charge in [0.05, 0.1) is 22.5 Å². The van der Waals surface area contributed by atoms with E-state index in [1.807, 2.05) is 17.4 Å². The Morgan fingerprint density at radius 2 is 2.07 bits per heavy atom. The lowest BCUT2D eigenvalue weighted by Gasteiger charge is -2.33. The van der Waals surface area contributed by atoms with Crippen molar-refractivity contribution in [3.63, 3.8) is 0 Å². The molecule has 0 amide bonds. The van der Waals surface area contributed by atoms with Crippen LogP contribution in [-0.2, 0) is 29.5 Å². The normalized spacial score (nSPS) is 17.9. The number of aromatic nitrogens is 2. The quantitative estimate of drug-likeness (QED) is 0.593. The highest BCUT2D eigenvalue weighted by molar-refractivity contribution is 7.89. The van der Waals surface area contributed by atoms with E-state index >= 15 is 0 Å². The van der Waals surface area contributed by atoms with E-state index < -0.39 is 10.0 Å². The third-order valence-electron chi connectivity index (χ3n) is 5.77. The molecule has 0 saturated carbocycles. The lowest BCUT2D eigenvalue weighted by atomic mass is 10.0. The second-order valence-electron chi connectivity index (χ2n) is 7.81. The number of nitrogens with zero attached hydrogens (tertiary/aromatic N) is 4. The Balaban J connectivity index is 1.71. The number of aryl methyl sites for hydroxylation is 1. The third kappa shape index (κ3) is 3.63. The molecule has 0 N–H and O–H groups in total. The Kier molecular flexibility index (Phi) is 5.54. The second kappa shape index (κ2) is 7.83. The predicted octanol–water partition coefficient (Wildman–Crippen LogP) is 3.88. The molecule has 156 valence electrons. The summed E-state index contributed by atoms with van der Waals surface area (Å²) in [6.07, 6.45) is 2.08. The standard InChI is InChI=1S/C21H28N4O2S2/c1-5-10-25-19-7-6-16(29(26,27)23(3)4)13-18(19)22-21(25)14-24-11-8-20-17(15(24)2)9-12-28-20/h6-7,9,12-13,15H,5,8,10-11,14H2,1-4H3/t15-/m1/s1. The van der Waals surface area contributed by atoms with Crippen LogP contribution in [0.25, 0.3) is 11.0 Å². The molecule has 0 bridgehead atoms. The van der Waals surface area contributed by atoms with Crippen molar-refractivity contribution in [3.8, 4) is 0 Å². The van der Waals surface area contributed by atoms with Crippen molar-refractivity contribution in [2.24, 2.45) is 0 Å². The maximum Gasteiger partial charge on any atom is 0.242 e. The number of thiophene rings is 1. The van der Waals surface area contributed by atoms with Crippen molar-refractivity contribution in [1.29, 1.82) is 0 Å². The average molecular weight is 433 g/mol. The van der Waals surface area contributed by atoms with Gasteiger partial charge in [-0.25, -0.2) is 17.7 Å². The first-order valence-corrected chi connectivity index (χ1v) is 12.4. The second-order valence-corrected chi connectivity index (χ2v) is 11.0. The van der Waals surface area contributed by atoms with E-state index in [9.17, 15) is 8.42 Å². The molecule has 0 spiro atoms. The number of sulfonamides is 1. The van der Waals surface area contributed by atoms with Gasteiger partial charge in [0.25, 0.3) is 0 Å². The number of benzene rings is 1. The molecule has 4 rings (SSSR count). The SMILES string of the molecule is CCCn1c(CN2CCc3sccc3[C@H]2C)nc2cc(S(=O)(=O)N(C)C)ccc21. The van der Waals surface area contributed by atoms with Gasteiger partial charge in [-0.3, -0.25) is 4.90 Å². The van der Waals surface area contributed by atoms with Gasteiger partial charge >= 0.3 is 0 Å². The van der Waals surface area contributed by atoms with Crippen LogP contribution in [0.2, 0.25) is 0 Å². The topological polar surface area (TPSA) is 58.4 Å². The van der Waals surface area contributed by atoms with Crippen molar-refractivity contribution >= 4 is 32.4 Å². The summed E-state index contributed by atoms with van der Waals surface area (Å²) in [4.78, 5) is 9.13. The molecule has 1 atom stereocenters. The highest BCUT2D eigenvalue weighted by Crippen LogP contribution is 2.34. The summed E-state index contributed by atoms with van der Waals surface area (Å²) in [5.74, 6) is 1.01. The number of imidazole rings is 1. The molecule has 8 heteroatoms. The van der Waals surface area contributed by atoms with E-state index in [4.69, 9.17) is 4.98 Å². The monoisotopic (exact) mass is 432 g/mol. The summed E-state index contributed by atoms with van der Waals surface area (Å²) in [6, 6.07) is 7.90. The van der Waals surface area contributed by atoms with E-state index in [2.05, 4.69) is 34.8 Å². The van der Waals surface area contributed by atoms with Crippen LogP contribution in [0.1, 0.15) is 42.6 Å². The van der Waals surface area contributed by atoms with Crippen molar-refractivity contribution < 1.29 is 8.42 Å². The first kappa shape index (κ1) is 20.5. The van der Waals surface area contributed by atoms with E-state index in [1.54, 1.807) is 26.2 Å². The summed E-state index contributed by atoms with van der Waals surface area (Å²) < 4.78 is 28.5. The molecule has 0 unspecified atom stereocenters. The molecular formula is C21H28N4O2S2. The smallest absolute Gasteiger partial charge is 0.242 e. The van der Waals surface area contributed by atoms with Crippen LogP contribution in [0, 0.1) is 0 Å². The zero-order chi connectivity index (χ0) is 20.8. The molecule has 0 saturated heterocycles. The Morgan fingerprint density at radius 1 is 1.28 bits per heavy atom. The van der Waals surface area contributed by atoms with Gasteiger partial charge in [0.2, 0.25) is 10.0 Å². The molecule has 6 nitrogen and oxygen atoms in total. The molecule has 0 fully saturated rings. The molecule has 1 aromatic carbocycles. The number of hydrogen-bond donors (Lipinski definition) is 0. The van der Waals surface area contributed by atoms with E-state index in [1.165, 1.54) is 14.7 Å². The van der Waals surface area contributed by atoms with Crippen molar-refractivity contribution in [1.82, 2.24) is 18.8 Å². The third-order valence-corrected chi connectivity index (χ3v) is 8.58. The highest BCUT2D eigenvalue weighted by Gasteiger charge is 2.26. The van der Waals surface area contributed by atoms with Gasteiger partial charge in [-0.1, -0.05) is 6.92 Å². The van der Waals surface area contributed by atoms with Crippen LogP contribution in [0.3, 0.4) is 0 Å². The maximum absolute atomic E-state index is 12.5. The van der Waals surface area contributed by atoms with E-state index in [-0.39, 0.29) is 4.90 Å². The lowest BCUT2D eigenvalue weighted by molar-refractivity contribution is 0.184. The van der Waals surface area contributed by atoms with Crippen LogP contribution in [0.5, 0.6) is 0 Å². The van der Waals surface area contributed by atoms with Crippen LogP contribution in [0.4, 0.5) is 0 Å². The Morgan fingerprint density at radius 3 is 2.79 bits per heavy atom. The Bertz CT molecular complexity index is 1130. The number of hydrogen-bond acceptors (Lipinski definition) is 5. The minimum atomic E-state index is -3.47. The highest BCUT2D eigenvalue weighted by atomic mass is 32.2. The van der Waals surface area contributed by atoms with Gasteiger partial charge in [-0.2, -0.15) is 0 Å². The first-order valence-electron chi connectivity index (χ1n) is 10.0. The fourth-order valence-corrected chi connectivity index (χ4v) is 5.97. The number of rotatable bonds is 6. The van der Waals surface area contributed by atoms with Crippen molar-refractivity contribution in [2.45, 2.75) is 50.7 Å². The molecule has 1 aliphatic rings. The molecule has 3 heterocycles. The molecular weight excluding hydrogens is 404 g/mol. The Hall–Kier alpha value is -1.74. The summed E-state index contributed by atoms with van der Waals surface area (Å²) in [7, 11) is -0.367. The van der Waals surface area contributed by atoms with Gasteiger partial charge in [0.1, 0.15) is 5.82 Å². The fraction of sp³-hybridized carbons (Fsp3) is 0.476. The zero-order valence-corrected chi connectivity index (χ0v) is 19.1. The predicted molar refractivity (Wildman–Crippen MR) is 118 cm³/mol. The maximum atomic E-state index is 12.5. The van der Waals surface area contributed by atoms with Crippen molar-refractivity contribution in [2.75, 3.05) is 20.6 Å². The van der Waals surface area contributed by atoms with Crippen LogP contribution >= 0.6 is 11.3 Å². The molecule has 2 aromatic heterocycles. The zero-order valence-electron chi connectivity index (χ0n) is 17.4.